The molecule has 1 aliphatic rings. The standard InChI is InChI=1S/C18H23N5O3S2/c1-26-17-11-16(19-12-20-17)23-28(24,25)15-9-7-14(8-10-15)22-18(27)21-13-5-3-2-4-6-13/h7-13H,2-6H2,1H3,(H,19,20,23)(H2,21,22,27). The highest BCUT2D eigenvalue weighted by Gasteiger charge is 2.16. The smallest absolute Gasteiger partial charge is 0.263 e. The number of thiocarbonyl (C=S) groups is 1. The van der Waals surface area contributed by atoms with Gasteiger partial charge in [0.25, 0.3) is 10.0 Å². The molecule has 1 saturated carbocycles. The Kier molecular flexibility index (Phi) is 6.63. The van der Waals surface area contributed by atoms with E-state index in [4.69, 9.17) is 17.0 Å². The maximum Gasteiger partial charge on any atom is 0.263 e. The van der Waals surface area contributed by atoms with Gasteiger partial charge in [-0.25, -0.2) is 18.4 Å². The highest BCUT2D eigenvalue weighted by Crippen LogP contribution is 2.20. The number of sulfonamides is 1. The lowest BCUT2D eigenvalue weighted by Gasteiger charge is -2.24. The quantitative estimate of drug-likeness (QED) is 0.612. The SMILES string of the molecule is COc1cc(NS(=O)(=O)c2ccc(NC(=S)NC3CCCCC3)cc2)ncn1. The molecular formula is C18H23N5O3S2. The average Bonchev–Trinajstić information content (AvgIpc) is 2.69. The van der Waals surface area contributed by atoms with Crippen molar-refractivity contribution in [3.63, 3.8) is 0 Å². The molecule has 150 valence electrons. The number of hydrogen-bond donors (Lipinski definition) is 3. The van der Waals surface area contributed by atoms with Gasteiger partial charge in [-0.1, -0.05) is 19.3 Å². The van der Waals surface area contributed by atoms with Crippen molar-refractivity contribution in [2.75, 3.05) is 17.1 Å². The second-order valence-electron chi connectivity index (χ2n) is 6.51. The Morgan fingerprint density at radius 1 is 1.14 bits per heavy atom. The third-order valence-electron chi connectivity index (χ3n) is 4.45. The van der Waals surface area contributed by atoms with Gasteiger partial charge in [0.15, 0.2) is 5.11 Å². The van der Waals surface area contributed by atoms with E-state index in [1.54, 1.807) is 12.1 Å². The number of methoxy groups -OCH3 is 1. The maximum absolute atomic E-state index is 12.5. The van der Waals surface area contributed by atoms with Crippen molar-refractivity contribution in [2.45, 2.75) is 43.0 Å². The van der Waals surface area contributed by atoms with Crippen LogP contribution in [0, 0.1) is 0 Å². The van der Waals surface area contributed by atoms with Gasteiger partial charge in [-0.15, -0.1) is 0 Å². The van der Waals surface area contributed by atoms with E-state index < -0.39 is 10.0 Å². The summed E-state index contributed by atoms with van der Waals surface area (Å²) in [6.07, 6.45) is 7.20. The van der Waals surface area contributed by atoms with E-state index in [0.29, 0.717) is 11.2 Å². The van der Waals surface area contributed by atoms with Crippen molar-refractivity contribution >= 4 is 38.9 Å². The second-order valence-corrected chi connectivity index (χ2v) is 8.60. The fourth-order valence-electron chi connectivity index (χ4n) is 3.02. The number of nitrogens with one attached hydrogen (secondary N) is 3. The van der Waals surface area contributed by atoms with Gasteiger partial charge in [0.05, 0.1) is 12.0 Å². The van der Waals surface area contributed by atoms with Crippen LogP contribution in [0.25, 0.3) is 0 Å². The van der Waals surface area contributed by atoms with Crippen LogP contribution in [0.5, 0.6) is 5.88 Å². The fourth-order valence-corrected chi connectivity index (χ4v) is 4.30. The molecular weight excluding hydrogens is 398 g/mol. The first kappa shape index (κ1) is 20.3. The number of ether oxygens (including phenoxy) is 1. The lowest BCUT2D eigenvalue weighted by atomic mass is 9.96. The zero-order valence-corrected chi connectivity index (χ0v) is 17.1. The van der Waals surface area contributed by atoms with Gasteiger partial charge in [-0.3, -0.25) is 4.72 Å². The summed E-state index contributed by atoms with van der Waals surface area (Å²) >= 11 is 5.35. The number of benzene rings is 1. The molecule has 1 aromatic carbocycles. The van der Waals surface area contributed by atoms with Crippen LogP contribution in [0.2, 0.25) is 0 Å². The van der Waals surface area contributed by atoms with E-state index in [-0.39, 0.29) is 16.6 Å². The molecule has 3 rings (SSSR count). The van der Waals surface area contributed by atoms with Crippen LogP contribution in [0.3, 0.4) is 0 Å². The summed E-state index contributed by atoms with van der Waals surface area (Å²) in [4.78, 5) is 7.85. The van der Waals surface area contributed by atoms with E-state index in [2.05, 4.69) is 25.3 Å². The second kappa shape index (κ2) is 9.16. The van der Waals surface area contributed by atoms with Crippen molar-refractivity contribution in [1.29, 1.82) is 0 Å². The summed E-state index contributed by atoms with van der Waals surface area (Å²) in [5.41, 5.74) is 0.718. The summed E-state index contributed by atoms with van der Waals surface area (Å²) in [5, 5.41) is 6.97. The molecule has 1 fully saturated rings. The number of hydrogen-bond acceptors (Lipinski definition) is 6. The van der Waals surface area contributed by atoms with E-state index in [9.17, 15) is 8.42 Å². The van der Waals surface area contributed by atoms with Crippen molar-refractivity contribution in [1.82, 2.24) is 15.3 Å². The largest absolute Gasteiger partial charge is 0.481 e. The molecule has 28 heavy (non-hydrogen) atoms. The molecule has 0 atom stereocenters. The molecule has 0 saturated heterocycles. The minimum absolute atomic E-state index is 0.113. The number of aromatic nitrogens is 2. The summed E-state index contributed by atoms with van der Waals surface area (Å²) in [7, 11) is -2.33. The van der Waals surface area contributed by atoms with Crippen LogP contribution >= 0.6 is 12.2 Å². The summed E-state index contributed by atoms with van der Waals surface area (Å²) in [6, 6.07) is 8.16. The van der Waals surface area contributed by atoms with E-state index in [1.807, 2.05) is 0 Å². The summed E-state index contributed by atoms with van der Waals surface area (Å²) in [5.74, 6) is 0.401. The fraction of sp³-hybridized carbons (Fsp3) is 0.389. The Morgan fingerprint density at radius 2 is 1.86 bits per heavy atom. The van der Waals surface area contributed by atoms with Gasteiger partial charge in [0.2, 0.25) is 5.88 Å². The van der Waals surface area contributed by atoms with Gasteiger partial charge in [0.1, 0.15) is 12.1 Å². The first-order valence-corrected chi connectivity index (χ1v) is 10.9. The number of nitrogens with zero attached hydrogens (tertiary/aromatic N) is 2. The van der Waals surface area contributed by atoms with Gasteiger partial charge in [-0.05, 0) is 49.3 Å². The predicted octanol–water partition coefficient (Wildman–Crippen LogP) is 2.91. The molecule has 0 radical (unpaired) electrons. The van der Waals surface area contributed by atoms with E-state index in [1.165, 1.54) is 50.9 Å². The van der Waals surface area contributed by atoms with Crippen molar-refractivity contribution in [3.8, 4) is 5.88 Å². The molecule has 0 spiro atoms. The van der Waals surface area contributed by atoms with Gasteiger partial charge < -0.3 is 15.4 Å². The molecule has 0 unspecified atom stereocenters. The molecule has 8 nitrogen and oxygen atoms in total. The molecule has 1 aromatic heterocycles. The Labute approximate surface area is 170 Å². The Balaban J connectivity index is 1.61. The Hall–Kier alpha value is -2.46. The van der Waals surface area contributed by atoms with Gasteiger partial charge in [0, 0.05) is 17.8 Å². The molecule has 10 heteroatoms. The van der Waals surface area contributed by atoms with E-state index in [0.717, 1.165) is 18.5 Å². The van der Waals surface area contributed by atoms with Crippen LogP contribution in [-0.2, 0) is 10.0 Å². The Bertz CT molecular complexity index is 913. The topological polar surface area (TPSA) is 105 Å². The molecule has 0 bridgehead atoms. The van der Waals surface area contributed by atoms with Crippen molar-refractivity contribution in [3.05, 3.63) is 36.7 Å². The normalized spacial score (nSPS) is 14.9. The third-order valence-corrected chi connectivity index (χ3v) is 6.04. The minimum Gasteiger partial charge on any atom is -0.481 e. The molecule has 0 amide bonds. The minimum atomic E-state index is -3.78. The van der Waals surface area contributed by atoms with Crippen LogP contribution in [0.15, 0.2) is 41.6 Å². The monoisotopic (exact) mass is 421 g/mol. The van der Waals surface area contributed by atoms with Crippen LogP contribution < -0.4 is 20.1 Å². The maximum atomic E-state index is 12.5. The van der Waals surface area contributed by atoms with Gasteiger partial charge >= 0.3 is 0 Å². The predicted molar refractivity (Wildman–Crippen MR) is 112 cm³/mol. The zero-order valence-electron chi connectivity index (χ0n) is 15.5. The first-order valence-electron chi connectivity index (χ1n) is 9.03. The average molecular weight is 422 g/mol. The van der Waals surface area contributed by atoms with Crippen molar-refractivity contribution < 1.29 is 13.2 Å². The van der Waals surface area contributed by atoms with Crippen LogP contribution in [0.4, 0.5) is 11.5 Å². The highest BCUT2D eigenvalue weighted by molar-refractivity contribution is 7.92. The molecule has 3 N–H and O–H groups in total. The molecule has 1 aliphatic carbocycles. The van der Waals surface area contributed by atoms with Gasteiger partial charge in [-0.2, -0.15) is 0 Å². The third kappa shape index (κ3) is 5.52. The summed E-state index contributed by atoms with van der Waals surface area (Å²) in [6.45, 7) is 0. The molecule has 2 aromatic rings. The molecule has 0 aliphatic heterocycles. The molecule has 1 heterocycles. The van der Waals surface area contributed by atoms with E-state index >= 15 is 0 Å². The lowest BCUT2D eigenvalue weighted by Crippen LogP contribution is -2.38. The van der Waals surface area contributed by atoms with Crippen LogP contribution in [-0.4, -0.2) is 36.6 Å². The zero-order chi connectivity index (χ0) is 20.0. The highest BCUT2D eigenvalue weighted by atomic mass is 32.2. The van der Waals surface area contributed by atoms with Crippen LogP contribution in [0.1, 0.15) is 32.1 Å². The first-order chi connectivity index (χ1) is 13.5. The number of anilines is 2. The lowest BCUT2D eigenvalue weighted by molar-refractivity contribution is 0.397. The summed E-state index contributed by atoms with van der Waals surface area (Å²) < 4.78 is 32.4. The van der Waals surface area contributed by atoms with Crippen molar-refractivity contribution in [2.24, 2.45) is 0 Å². The Morgan fingerprint density at radius 3 is 2.54 bits per heavy atom. The number of rotatable bonds is 6.